The molecule has 1 aliphatic heterocycles. The molecule has 1 aromatic carbocycles. The van der Waals surface area contributed by atoms with Crippen LogP contribution in [0.2, 0.25) is 0 Å². The van der Waals surface area contributed by atoms with E-state index in [0.29, 0.717) is 25.4 Å². The van der Waals surface area contributed by atoms with Gasteiger partial charge in [0.1, 0.15) is 18.1 Å². The van der Waals surface area contributed by atoms with E-state index in [0.717, 1.165) is 29.8 Å². The van der Waals surface area contributed by atoms with Crippen LogP contribution in [-0.2, 0) is 18.4 Å². The number of rotatable bonds is 3. The second kappa shape index (κ2) is 6.27. The molecule has 130 valence electrons. The van der Waals surface area contributed by atoms with E-state index in [-0.39, 0.29) is 17.7 Å². The summed E-state index contributed by atoms with van der Waals surface area (Å²) in [5, 5.41) is 2.95. The van der Waals surface area contributed by atoms with E-state index in [2.05, 4.69) is 5.32 Å². The van der Waals surface area contributed by atoms with Gasteiger partial charge in [0.05, 0.1) is 6.54 Å². The number of hydrogen-bond acceptors (Lipinski definition) is 3. The van der Waals surface area contributed by atoms with E-state index in [1.54, 1.807) is 4.90 Å². The van der Waals surface area contributed by atoms with Crippen molar-refractivity contribution in [1.82, 2.24) is 9.47 Å². The Bertz CT molecular complexity index is 823. The minimum Gasteiger partial charge on any atom is -0.491 e. The zero-order valence-electron chi connectivity index (χ0n) is 14.2. The normalized spacial score (nSPS) is 16.6. The van der Waals surface area contributed by atoms with E-state index in [4.69, 9.17) is 4.74 Å². The number of nitrogens with zero attached hydrogens (tertiary/aromatic N) is 2. The molecule has 25 heavy (non-hydrogen) atoms. The number of ether oxygens (including phenoxy) is 1. The largest absolute Gasteiger partial charge is 0.491 e. The molecule has 2 aliphatic rings. The van der Waals surface area contributed by atoms with E-state index in [9.17, 15) is 9.59 Å². The van der Waals surface area contributed by atoms with Gasteiger partial charge in [0.25, 0.3) is 5.91 Å². The molecule has 0 unspecified atom stereocenters. The average molecular weight is 339 g/mol. The standard InChI is InChI=1S/C19H21N3O3/c1-21-8-2-3-16(21)19(24)22-9-10-25-17-7-6-15(11-14(17)12-22)20-18(23)13-4-5-13/h2-3,6-8,11,13H,4-5,9-10,12H2,1H3,(H,20,23). The molecule has 4 rings (SSSR count). The first-order valence-corrected chi connectivity index (χ1v) is 8.59. The molecule has 0 atom stereocenters. The number of anilines is 1. The van der Waals surface area contributed by atoms with Crippen LogP contribution < -0.4 is 10.1 Å². The summed E-state index contributed by atoms with van der Waals surface area (Å²) >= 11 is 0. The van der Waals surface area contributed by atoms with Crippen molar-refractivity contribution in [2.45, 2.75) is 19.4 Å². The Morgan fingerprint density at radius 1 is 1.24 bits per heavy atom. The van der Waals surface area contributed by atoms with Gasteiger partial charge >= 0.3 is 0 Å². The van der Waals surface area contributed by atoms with Crippen molar-refractivity contribution in [2.75, 3.05) is 18.5 Å². The third kappa shape index (κ3) is 3.24. The van der Waals surface area contributed by atoms with Crippen molar-refractivity contribution in [2.24, 2.45) is 13.0 Å². The number of nitrogens with one attached hydrogen (secondary N) is 1. The van der Waals surface area contributed by atoms with E-state index in [1.165, 1.54) is 0 Å². The molecular weight excluding hydrogens is 318 g/mol. The van der Waals surface area contributed by atoms with Crippen LogP contribution in [0.15, 0.2) is 36.5 Å². The minimum atomic E-state index is -0.0173. The third-order valence-corrected chi connectivity index (χ3v) is 4.71. The summed E-state index contributed by atoms with van der Waals surface area (Å²) in [5.41, 5.74) is 2.32. The molecule has 2 amide bonds. The first-order chi connectivity index (χ1) is 12.1. The highest BCUT2D eigenvalue weighted by atomic mass is 16.5. The van der Waals surface area contributed by atoms with Crippen molar-refractivity contribution in [3.8, 4) is 5.75 Å². The van der Waals surface area contributed by atoms with Gasteiger partial charge in [-0.15, -0.1) is 0 Å². The van der Waals surface area contributed by atoms with Crippen molar-refractivity contribution in [3.63, 3.8) is 0 Å². The number of amides is 2. The van der Waals surface area contributed by atoms with Gasteiger partial charge < -0.3 is 19.5 Å². The number of carbonyl (C=O) groups is 2. The van der Waals surface area contributed by atoms with Crippen LogP contribution in [0.25, 0.3) is 0 Å². The Morgan fingerprint density at radius 3 is 2.80 bits per heavy atom. The van der Waals surface area contributed by atoms with Gasteiger partial charge in [-0.25, -0.2) is 0 Å². The van der Waals surface area contributed by atoms with Crippen molar-refractivity contribution < 1.29 is 14.3 Å². The molecule has 1 N–H and O–H groups in total. The molecule has 0 saturated heterocycles. The van der Waals surface area contributed by atoms with Crippen molar-refractivity contribution in [1.29, 1.82) is 0 Å². The smallest absolute Gasteiger partial charge is 0.270 e. The Hall–Kier alpha value is -2.76. The third-order valence-electron chi connectivity index (χ3n) is 4.71. The summed E-state index contributed by atoms with van der Waals surface area (Å²) in [6.45, 7) is 1.45. The number of aryl methyl sites for hydroxylation is 1. The van der Waals surface area contributed by atoms with Gasteiger partial charge in [0.2, 0.25) is 5.91 Å². The Morgan fingerprint density at radius 2 is 2.08 bits per heavy atom. The predicted octanol–water partition coefficient (Wildman–Crippen LogP) is 2.41. The van der Waals surface area contributed by atoms with Crippen LogP contribution in [0.4, 0.5) is 5.69 Å². The van der Waals surface area contributed by atoms with Crippen LogP contribution in [-0.4, -0.2) is 34.4 Å². The van der Waals surface area contributed by atoms with Gasteiger partial charge in [-0.05, 0) is 43.2 Å². The van der Waals surface area contributed by atoms with E-state index < -0.39 is 0 Å². The van der Waals surface area contributed by atoms with Gasteiger partial charge in [-0.1, -0.05) is 0 Å². The van der Waals surface area contributed by atoms with Crippen LogP contribution in [0.5, 0.6) is 5.75 Å². The maximum atomic E-state index is 12.8. The fourth-order valence-corrected chi connectivity index (χ4v) is 3.08. The van der Waals surface area contributed by atoms with Crippen LogP contribution in [0.3, 0.4) is 0 Å². The van der Waals surface area contributed by atoms with Crippen LogP contribution >= 0.6 is 0 Å². The van der Waals surface area contributed by atoms with Crippen molar-refractivity contribution >= 4 is 17.5 Å². The zero-order chi connectivity index (χ0) is 17.4. The Kier molecular flexibility index (Phi) is 3.95. The number of aromatic nitrogens is 1. The second-order valence-electron chi connectivity index (χ2n) is 6.67. The Labute approximate surface area is 146 Å². The Balaban J connectivity index is 1.55. The molecule has 1 aliphatic carbocycles. The summed E-state index contributed by atoms with van der Waals surface area (Å²) < 4.78 is 7.60. The quantitative estimate of drug-likeness (QED) is 0.934. The fraction of sp³-hybridized carbons (Fsp3) is 0.368. The summed E-state index contributed by atoms with van der Waals surface area (Å²) in [5.74, 6) is 0.986. The monoisotopic (exact) mass is 339 g/mol. The zero-order valence-corrected chi connectivity index (χ0v) is 14.2. The fourth-order valence-electron chi connectivity index (χ4n) is 3.08. The molecule has 1 fully saturated rings. The molecule has 0 bridgehead atoms. The topological polar surface area (TPSA) is 63.6 Å². The lowest BCUT2D eigenvalue weighted by atomic mass is 10.1. The molecule has 6 nitrogen and oxygen atoms in total. The number of fused-ring (bicyclic) bond motifs is 1. The minimum absolute atomic E-state index is 0.0173. The molecule has 0 spiro atoms. The second-order valence-corrected chi connectivity index (χ2v) is 6.67. The highest BCUT2D eigenvalue weighted by molar-refractivity contribution is 5.94. The van der Waals surface area contributed by atoms with E-state index >= 15 is 0 Å². The lowest BCUT2D eigenvalue weighted by Crippen LogP contribution is -2.33. The molecule has 2 aromatic rings. The molecule has 1 aromatic heterocycles. The maximum Gasteiger partial charge on any atom is 0.270 e. The maximum absolute atomic E-state index is 12.8. The van der Waals surface area contributed by atoms with E-state index in [1.807, 2.05) is 48.1 Å². The summed E-state index contributed by atoms with van der Waals surface area (Å²) in [6.07, 6.45) is 3.80. The predicted molar refractivity (Wildman–Crippen MR) is 93.4 cm³/mol. The first kappa shape index (κ1) is 15.7. The van der Waals surface area contributed by atoms with Crippen LogP contribution in [0.1, 0.15) is 28.9 Å². The number of carbonyl (C=O) groups excluding carboxylic acids is 2. The molecule has 1 saturated carbocycles. The van der Waals surface area contributed by atoms with Gasteiger partial charge in [-0.3, -0.25) is 9.59 Å². The molecule has 2 heterocycles. The summed E-state index contributed by atoms with van der Waals surface area (Å²) in [4.78, 5) is 26.5. The molecular formula is C19H21N3O3. The first-order valence-electron chi connectivity index (χ1n) is 8.59. The van der Waals surface area contributed by atoms with Gasteiger partial charge in [0.15, 0.2) is 0 Å². The summed E-state index contributed by atoms with van der Waals surface area (Å²) in [6, 6.07) is 9.32. The SMILES string of the molecule is Cn1cccc1C(=O)N1CCOc2ccc(NC(=O)C3CC3)cc2C1. The number of hydrogen-bond donors (Lipinski definition) is 1. The summed E-state index contributed by atoms with van der Waals surface area (Å²) in [7, 11) is 1.86. The van der Waals surface area contributed by atoms with Crippen LogP contribution in [0, 0.1) is 5.92 Å². The molecule has 0 radical (unpaired) electrons. The van der Waals surface area contributed by atoms with Gasteiger partial charge in [0, 0.05) is 37.0 Å². The van der Waals surface area contributed by atoms with Gasteiger partial charge in [-0.2, -0.15) is 0 Å². The lowest BCUT2D eigenvalue weighted by molar-refractivity contribution is -0.117. The highest BCUT2D eigenvalue weighted by Gasteiger charge is 2.30. The highest BCUT2D eigenvalue weighted by Crippen LogP contribution is 2.32. The number of benzene rings is 1. The average Bonchev–Trinajstić information content (AvgIpc) is 3.39. The lowest BCUT2D eigenvalue weighted by Gasteiger charge is -2.20. The molecule has 6 heteroatoms. The van der Waals surface area contributed by atoms with Crippen molar-refractivity contribution in [3.05, 3.63) is 47.8 Å².